The molecular weight excluding hydrogens is 276 g/mol. The highest BCUT2D eigenvalue weighted by Crippen LogP contribution is 2.32. The maximum Gasteiger partial charge on any atom is 0.323 e. The van der Waals surface area contributed by atoms with Crippen molar-refractivity contribution in [3.8, 4) is 0 Å². The van der Waals surface area contributed by atoms with E-state index in [4.69, 9.17) is 16.7 Å². The van der Waals surface area contributed by atoms with Crippen molar-refractivity contribution >= 4 is 23.3 Å². The molecule has 2 aliphatic rings. The Morgan fingerprint density at radius 3 is 2.60 bits per heavy atom. The number of aliphatic carboxylic acids is 1. The quantitative estimate of drug-likeness (QED) is 0.906. The van der Waals surface area contributed by atoms with Crippen LogP contribution in [0.3, 0.4) is 0 Å². The van der Waals surface area contributed by atoms with Crippen LogP contribution in [0.4, 0.5) is 5.69 Å². The molecule has 1 aliphatic heterocycles. The Kier molecular flexibility index (Phi) is 3.85. The van der Waals surface area contributed by atoms with Crippen molar-refractivity contribution in [2.24, 2.45) is 0 Å². The number of carboxylic acid groups (broad SMARTS) is 1. The van der Waals surface area contributed by atoms with Gasteiger partial charge in [-0.15, -0.1) is 0 Å². The van der Waals surface area contributed by atoms with E-state index in [1.807, 2.05) is 29.2 Å². The van der Waals surface area contributed by atoms with Crippen LogP contribution in [0.1, 0.15) is 19.3 Å². The van der Waals surface area contributed by atoms with Crippen molar-refractivity contribution in [1.29, 1.82) is 0 Å². The number of anilines is 1. The van der Waals surface area contributed by atoms with Crippen LogP contribution in [0, 0.1) is 0 Å². The Balaban J connectivity index is 1.75. The largest absolute Gasteiger partial charge is 0.480 e. The Labute approximate surface area is 123 Å². The first kappa shape index (κ1) is 13.7. The normalized spacial score (nSPS) is 22.9. The molecule has 1 N–H and O–H groups in total. The first-order valence-electron chi connectivity index (χ1n) is 7.11. The molecule has 108 valence electrons. The van der Waals surface area contributed by atoms with Gasteiger partial charge in [0.25, 0.3) is 0 Å². The molecule has 0 spiro atoms. The lowest BCUT2D eigenvalue weighted by molar-refractivity contribution is -0.135. The van der Waals surface area contributed by atoms with Gasteiger partial charge in [-0.25, -0.2) is 0 Å². The van der Waals surface area contributed by atoms with Gasteiger partial charge in [-0.2, -0.15) is 0 Å². The summed E-state index contributed by atoms with van der Waals surface area (Å²) in [6, 6.07) is 8.49. The van der Waals surface area contributed by atoms with Gasteiger partial charge in [0.1, 0.15) is 6.54 Å². The number of rotatable bonds is 5. The second kappa shape index (κ2) is 5.62. The third-order valence-electron chi connectivity index (χ3n) is 4.16. The molecule has 0 amide bonds. The van der Waals surface area contributed by atoms with Crippen LogP contribution in [-0.4, -0.2) is 47.7 Å². The summed E-state index contributed by atoms with van der Waals surface area (Å²) in [5, 5.41) is 9.84. The molecule has 0 aromatic heterocycles. The van der Waals surface area contributed by atoms with E-state index in [1.165, 1.54) is 12.8 Å². The fourth-order valence-corrected chi connectivity index (χ4v) is 3.13. The van der Waals surface area contributed by atoms with Gasteiger partial charge in [0, 0.05) is 35.9 Å². The van der Waals surface area contributed by atoms with Gasteiger partial charge in [-0.1, -0.05) is 11.6 Å². The Morgan fingerprint density at radius 1 is 1.30 bits per heavy atom. The van der Waals surface area contributed by atoms with Crippen molar-refractivity contribution in [3.05, 3.63) is 29.3 Å². The summed E-state index contributed by atoms with van der Waals surface area (Å²) in [5.74, 6) is -0.787. The number of hydrogen-bond donors (Lipinski definition) is 1. The molecule has 1 heterocycles. The number of nitrogens with zero attached hydrogens (tertiary/aromatic N) is 2. The molecule has 5 heteroatoms. The smallest absolute Gasteiger partial charge is 0.323 e. The molecule has 1 aromatic rings. The van der Waals surface area contributed by atoms with Crippen molar-refractivity contribution < 1.29 is 9.90 Å². The highest BCUT2D eigenvalue weighted by Gasteiger charge is 2.36. The minimum atomic E-state index is -0.787. The van der Waals surface area contributed by atoms with Crippen LogP contribution < -0.4 is 4.90 Å². The molecule has 1 saturated heterocycles. The minimum absolute atomic E-state index is 0.0464. The number of halogens is 1. The number of benzene rings is 1. The van der Waals surface area contributed by atoms with Gasteiger partial charge in [0.05, 0.1) is 0 Å². The zero-order chi connectivity index (χ0) is 14.1. The van der Waals surface area contributed by atoms with Gasteiger partial charge in [0.2, 0.25) is 0 Å². The molecule has 20 heavy (non-hydrogen) atoms. The molecule has 4 nitrogen and oxygen atoms in total. The fraction of sp³-hybridized carbons (Fsp3) is 0.533. The molecule has 1 atom stereocenters. The minimum Gasteiger partial charge on any atom is -0.480 e. The van der Waals surface area contributed by atoms with Crippen LogP contribution in [0.25, 0.3) is 0 Å². The lowest BCUT2D eigenvalue weighted by atomic mass is 10.2. The van der Waals surface area contributed by atoms with Crippen LogP contribution in [0.15, 0.2) is 24.3 Å². The molecule has 2 fully saturated rings. The van der Waals surface area contributed by atoms with Crippen molar-refractivity contribution in [1.82, 2.24) is 4.90 Å². The van der Waals surface area contributed by atoms with E-state index in [9.17, 15) is 4.79 Å². The Bertz CT molecular complexity index is 487. The maximum atomic E-state index is 11.2. The Morgan fingerprint density at radius 2 is 2.00 bits per heavy atom. The second-order valence-corrected chi connectivity index (χ2v) is 6.10. The predicted molar refractivity (Wildman–Crippen MR) is 79.4 cm³/mol. The highest BCUT2D eigenvalue weighted by molar-refractivity contribution is 6.30. The lowest BCUT2D eigenvalue weighted by Crippen LogP contribution is -2.41. The van der Waals surface area contributed by atoms with Gasteiger partial charge in [-0.05, 0) is 43.5 Å². The van der Waals surface area contributed by atoms with E-state index in [1.54, 1.807) is 0 Å². The molecule has 1 aliphatic carbocycles. The van der Waals surface area contributed by atoms with Crippen molar-refractivity contribution in [3.63, 3.8) is 0 Å². The third kappa shape index (κ3) is 3.07. The molecule has 1 saturated carbocycles. The summed E-state index contributed by atoms with van der Waals surface area (Å²) in [6.45, 7) is 2.10. The molecule has 0 radical (unpaired) electrons. The zero-order valence-corrected chi connectivity index (χ0v) is 12.1. The zero-order valence-electron chi connectivity index (χ0n) is 11.3. The molecule has 0 bridgehead atoms. The second-order valence-electron chi connectivity index (χ2n) is 5.67. The standard InChI is InChI=1S/C15H19ClN2O2/c16-11-1-3-13(4-2-11)18(10-15(19)20)14-7-8-17(9-14)12-5-6-12/h1-4,12,14H,5-10H2,(H,19,20). The molecular formula is C15H19ClN2O2. The van der Waals surface area contributed by atoms with Crippen LogP contribution in [0.5, 0.6) is 0 Å². The van der Waals surface area contributed by atoms with E-state index in [0.717, 1.165) is 31.2 Å². The third-order valence-corrected chi connectivity index (χ3v) is 4.41. The van der Waals surface area contributed by atoms with E-state index in [2.05, 4.69) is 4.90 Å². The van der Waals surface area contributed by atoms with Gasteiger partial charge >= 0.3 is 5.97 Å². The highest BCUT2D eigenvalue weighted by atomic mass is 35.5. The van der Waals surface area contributed by atoms with Gasteiger partial charge in [0.15, 0.2) is 0 Å². The number of hydrogen-bond acceptors (Lipinski definition) is 3. The summed E-state index contributed by atoms with van der Waals surface area (Å²) in [7, 11) is 0. The molecule has 3 rings (SSSR count). The fourth-order valence-electron chi connectivity index (χ4n) is 3.00. The van der Waals surface area contributed by atoms with Crippen LogP contribution in [-0.2, 0) is 4.79 Å². The number of likely N-dealkylation sites (tertiary alicyclic amines) is 1. The topological polar surface area (TPSA) is 43.8 Å². The molecule has 1 aromatic carbocycles. The maximum absolute atomic E-state index is 11.2. The van der Waals surface area contributed by atoms with Crippen LogP contribution >= 0.6 is 11.6 Å². The summed E-state index contributed by atoms with van der Waals surface area (Å²) in [6.07, 6.45) is 3.63. The lowest BCUT2D eigenvalue weighted by Gasteiger charge is -2.30. The van der Waals surface area contributed by atoms with Crippen molar-refractivity contribution in [2.75, 3.05) is 24.5 Å². The first-order chi connectivity index (χ1) is 9.63. The summed E-state index contributed by atoms with van der Waals surface area (Å²) in [4.78, 5) is 15.6. The summed E-state index contributed by atoms with van der Waals surface area (Å²) in [5.41, 5.74) is 0.944. The van der Waals surface area contributed by atoms with Crippen molar-refractivity contribution in [2.45, 2.75) is 31.3 Å². The number of carbonyl (C=O) groups is 1. The Hall–Kier alpha value is -1.26. The van der Waals surface area contributed by atoms with E-state index < -0.39 is 5.97 Å². The average Bonchev–Trinajstić information content (AvgIpc) is 3.15. The van der Waals surface area contributed by atoms with E-state index in [0.29, 0.717) is 5.02 Å². The van der Waals surface area contributed by atoms with Gasteiger partial charge < -0.3 is 10.0 Å². The average molecular weight is 295 g/mol. The summed E-state index contributed by atoms with van der Waals surface area (Å²) >= 11 is 5.91. The summed E-state index contributed by atoms with van der Waals surface area (Å²) < 4.78 is 0. The first-order valence-corrected chi connectivity index (χ1v) is 7.49. The SMILES string of the molecule is O=C(O)CN(c1ccc(Cl)cc1)C1CCN(C2CC2)C1. The molecule has 1 unspecified atom stereocenters. The monoisotopic (exact) mass is 294 g/mol. The van der Waals surface area contributed by atoms with Gasteiger partial charge in [-0.3, -0.25) is 9.69 Å². The van der Waals surface area contributed by atoms with E-state index in [-0.39, 0.29) is 12.6 Å². The number of carboxylic acids is 1. The van der Waals surface area contributed by atoms with E-state index >= 15 is 0 Å². The van der Waals surface area contributed by atoms with Crippen LogP contribution in [0.2, 0.25) is 5.02 Å². The predicted octanol–water partition coefficient (Wildman–Crippen LogP) is 2.47.